The fourth-order valence-electron chi connectivity index (χ4n) is 2.00. The van der Waals surface area contributed by atoms with Crippen molar-refractivity contribution in [2.75, 3.05) is 31.6 Å². The topological polar surface area (TPSA) is 49.4 Å². The monoisotopic (exact) mass is 258 g/mol. The average Bonchev–Trinajstić information content (AvgIpc) is 2.36. The molecule has 0 aliphatic carbocycles. The lowest BCUT2D eigenvalue weighted by atomic mass is 9.96. The van der Waals surface area contributed by atoms with Crippen molar-refractivity contribution >= 4 is 23.6 Å². The second-order valence-electron chi connectivity index (χ2n) is 4.38. The van der Waals surface area contributed by atoms with Crippen molar-refractivity contribution in [2.24, 2.45) is 5.92 Å². The Balaban J connectivity index is 2.30. The van der Waals surface area contributed by atoms with Crippen molar-refractivity contribution in [2.45, 2.75) is 26.2 Å². The normalized spacial score (nSPS) is 16.9. The Hall–Kier alpha value is -0.710. The molecule has 1 aliphatic heterocycles. The molecular formula is C12H22N2O2S. The van der Waals surface area contributed by atoms with Crippen LogP contribution < -0.4 is 5.32 Å². The van der Waals surface area contributed by atoms with Crippen LogP contribution in [-0.2, 0) is 9.59 Å². The highest BCUT2D eigenvalue weighted by Gasteiger charge is 2.26. The van der Waals surface area contributed by atoms with Crippen LogP contribution in [0.1, 0.15) is 26.2 Å². The van der Waals surface area contributed by atoms with E-state index in [1.807, 2.05) is 18.1 Å². The molecule has 1 N–H and O–H groups in total. The molecule has 0 radical (unpaired) electrons. The molecule has 1 saturated heterocycles. The molecule has 0 spiro atoms. The summed E-state index contributed by atoms with van der Waals surface area (Å²) in [5.74, 6) is 1.00. The summed E-state index contributed by atoms with van der Waals surface area (Å²) < 4.78 is 0. The number of nitrogens with zero attached hydrogens (tertiary/aromatic N) is 1. The highest BCUT2D eigenvalue weighted by molar-refractivity contribution is 7.99. The molecule has 0 bridgehead atoms. The van der Waals surface area contributed by atoms with Gasteiger partial charge in [-0.05, 0) is 25.5 Å². The second kappa shape index (κ2) is 7.58. The number of likely N-dealkylation sites (tertiary alicyclic amines) is 1. The van der Waals surface area contributed by atoms with E-state index in [0.717, 1.165) is 38.9 Å². The number of hydrogen-bond donors (Lipinski definition) is 1. The third-order valence-corrected chi connectivity index (χ3v) is 3.57. The van der Waals surface area contributed by atoms with E-state index in [2.05, 4.69) is 5.32 Å². The molecular weight excluding hydrogens is 236 g/mol. The molecule has 0 aromatic carbocycles. The fraction of sp³-hybridized carbons (Fsp3) is 0.833. The Labute approximate surface area is 108 Å². The van der Waals surface area contributed by atoms with E-state index in [4.69, 9.17) is 0 Å². The van der Waals surface area contributed by atoms with E-state index in [-0.39, 0.29) is 17.7 Å². The van der Waals surface area contributed by atoms with E-state index in [1.54, 1.807) is 11.8 Å². The van der Waals surface area contributed by atoms with E-state index in [9.17, 15) is 9.59 Å². The van der Waals surface area contributed by atoms with Gasteiger partial charge in [0.1, 0.15) is 0 Å². The van der Waals surface area contributed by atoms with Crippen molar-refractivity contribution in [3.8, 4) is 0 Å². The van der Waals surface area contributed by atoms with Crippen LogP contribution in [0.4, 0.5) is 0 Å². The standard InChI is InChI=1S/C12H22N2O2S/c1-3-6-13-12(16)10-4-7-14(8-5-10)11(15)9-17-2/h10H,3-9H2,1-2H3,(H,13,16). The zero-order valence-corrected chi connectivity index (χ0v) is 11.5. The van der Waals surface area contributed by atoms with Gasteiger partial charge in [0.05, 0.1) is 5.75 Å². The number of thioether (sulfide) groups is 1. The van der Waals surface area contributed by atoms with Gasteiger partial charge in [0, 0.05) is 25.6 Å². The van der Waals surface area contributed by atoms with Crippen molar-refractivity contribution in [1.29, 1.82) is 0 Å². The number of nitrogens with one attached hydrogen (secondary N) is 1. The summed E-state index contributed by atoms with van der Waals surface area (Å²) in [5.41, 5.74) is 0. The third-order valence-electron chi connectivity index (χ3n) is 3.04. The Morgan fingerprint density at radius 2 is 2.00 bits per heavy atom. The van der Waals surface area contributed by atoms with Gasteiger partial charge in [0.2, 0.25) is 11.8 Å². The van der Waals surface area contributed by atoms with Crippen molar-refractivity contribution < 1.29 is 9.59 Å². The molecule has 0 unspecified atom stereocenters. The Morgan fingerprint density at radius 1 is 1.35 bits per heavy atom. The van der Waals surface area contributed by atoms with E-state index < -0.39 is 0 Å². The zero-order chi connectivity index (χ0) is 12.7. The smallest absolute Gasteiger partial charge is 0.232 e. The maximum Gasteiger partial charge on any atom is 0.232 e. The predicted octanol–water partition coefficient (Wildman–Crippen LogP) is 1.11. The van der Waals surface area contributed by atoms with Gasteiger partial charge >= 0.3 is 0 Å². The number of carbonyl (C=O) groups is 2. The van der Waals surface area contributed by atoms with Crippen LogP contribution in [0.25, 0.3) is 0 Å². The molecule has 4 nitrogen and oxygen atoms in total. The summed E-state index contributed by atoms with van der Waals surface area (Å²) in [4.78, 5) is 25.3. The molecule has 98 valence electrons. The molecule has 1 heterocycles. The number of rotatable bonds is 5. The molecule has 1 fully saturated rings. The first-order valence-corrected chi connectivity index (χ1v) is 7.62. The van der Waals surface area contributed by atoms with Crippen LogP contribution in [0.2, 0.25) is 0 Å². The first-order chi connectivity index (χ1) is 8.19. The van der Waals surface area contributed by atoms with Gasteiger partial charge in [-0.15, -0.1) is 0 Å². The summed E-state index contributed by atoms with van der Waals surface area (Å²) >= 11 is 1.55. The summed E-state index contributed by atoms with van der Waals surface area (Å²) in [5, 5.41) is 2.92. The molecule has 17 heavy (non-hydrogen) atoms. The maximum atomic E-state index is 11.7. The lowest BCUT2D eigenvalue weighted by Gasteiger charge is -2.31. The van der Waals surface area contributed by atoms with E-state index in [1.165, 1.54) is 0 Å². The Kier molecular flexibility index (Phi) is 6.40. The van der Waals surface area contributed by atoms with Crippen LogP contribution >= 0.6 is 11.8 Å². The Bertz CT molecular complexity index is 263. The molecule has 1 aliphatic rings. The van der Waals surface area contributed by atoms with Crippen molar-refractivity contribution in [3.63, 3.8) is 0 Å². The first-order valence-electron chi connectivity index (χ1n) is 6.23. The predicted molar refractivity (Wildman–Crippen MR) is 71.0 cm³/mol. The molecule has 1 rings (SSSR count). The summed E-state index contributed by atoms with van der Waals surface area (Å²) in [6, 6.07) is 0. The molecule has 0 saturated carbocycles. The van der Waals surface area contributed by atoms with E-state index >= 15 is 0 Å². The van der Waals surface area contributed by atoms with Crippen molar-refractivity contribution in [1.82, 2.24) is 10.2 Å². The number of piperidine rings is 1. The average molecular weight is 258 g/mol. The van der Waals surface area contributed by atoms with Crippen LogP contribution in [0, 0.1) is 5.92 Å². The molecule has 0 aromatic rings. The van der Waals surface area contributed by atoms with Gasteiger partial charge in [-0.2, -0.15) is 11.8 Å². The minimum absolute atomic E-state index is 0.0971. The summed E-state index contributed by atoms with van der Waals surface area (Å²) in [6.45, 7) is 4.25. The first kappa shape index (κ1) is 14.4. The van der Waals surface area contributed by atoms with Crippen LogP contribution in [-0.4, -0.2) is 48.4 Å². The highest BCUT2D eigenvalue weighted by atomic mass is 32.2. The number of hydrogen-bond acceptors (Lipinski definition) is 3. The lowest BCUT2D eigenvalue weighted by molar-refractivity contribution is -0.133. The Morgan fingerprint density at radius 3 is 2.53 bits per heavy atom. The van der Waals surface area contributed by atoms with Gasteiger partial charge in [-0.3, -0.25) is 9.59 Å². The number of amides is 2. The van der Waals surface area contributed by atoms with Crippen molar-refractivity contribution in [3.05, 3.63) is 0 Å². The molecule has 0 aromatic heterocycles. The zero-order valence-electron chi connectivity index (χ0n) is 10.7. The third kappa shape index (κ3) is 4.58. The minimum Gasteiger partial charge on any atom is -0.356 e. The highest BCUT2D eigenvalue weighted by Crippen LogP contribution is 2.18. The van der Waals surface area contributed by atoms with Gasteiger partial charge in [0.15, 0.2) is 0 Å². The summed E-state index contributed by atoms with van der Waals surface area (Å²) in [6.07, 6.45) is 4.50. The van der Waals surface area contributed by atoms with Crippen LogP contribution in [0.15, 0.2) is 0 Å². The quantitative estimate of drug-likeness (QED) is 0.804. The van der Waals surface area contributed by atoms with Crippen LogP contribution in [0.5, 0.6) is 0 Å². The van der Waals surface area contributed by atoms with E-state index in [0.29, 0.717) is 5.75 Å². The fourth-order valence-corrected chi connectivity index (χ4v) is 2.43. The van der Waals surface area contributed by atoms with Crippen LogP contribution in [0.3, 0.4) is 0 Å². The summed E-state index contributed by atoms with van der Waals surface area (Å²) in [7, 11) is 0. The molecule has 5 heteroatoms. The van der Waals surface area contributed by atoms with Gasteiger partial charge < -0.3 is 10.2 Å². The van der Waals surface area contributed by atoms with Gasteiger partial charge in [0.25, 0.3) is 0 Å². The largest absolute Gasteiger partial charge is 0.356 e. The van der Waals surface area contributed by atoms with Gasteiger partial charge in [-0.1, -0.05) is 6.92 Å². The number of carbonyl (C=O) groups excluding carboxylic acids is 2. The lowest BCUT2D eigenvalue weighted by Crippen LogP contribution is -2.43. The maximum absolute atomic E-state index is 11.7. The van der Waals surface area contributed by atoms with Gasteiger partial charge in [-0.25, -0.2) is 0 Å². The SMILES string of the molecule is CCCNC(=O)C1CCN(C(=O)CSC)CC1. The molecule has 2 amide bonds. The molecule has 0 atom stereocenters. The minimum atomic E-state index is 0.0971. The second-order valence-corrected chi connectivity index (χ2v) is 5.25.